The topological polar surface area (TPSA) is 58.4 Å². The second-order valence-corrected chi connectivity index (χ2v) is 6.64. The van der Waals surface area contributed by atoms with Crippen LogP contribution in [0.15, 0.2) is 0 Å². The van der Waals surface area contributed by atoms with E-state index in [2.05, 4.69) is 5.32 Å². The fourth-order valence-corrected chi connectivity index (χ4v) is 3.29. The van der Waals surface area contributed by atoms with E-state index in [1.807, 2.05) is 0 Å². The van der Waals surface area contributed by atoms with E-state index >= 15 is 0 Å². The monoisotopic (exact) mass is 307 g/mol. The van der Waals surface area contributed by atoms with Gasteiger partial charge in [-0.05, 0) is 46.0 Å². The van der Waals surface area contributed by atoms with Crippen LogP contribution in [0.5, 0.6) is 0 Å². The van der Waals surface area contributed by atoms with Gasteiger partial charge in [0.1, 0.15) is 0 Å². The van der Waals surface area contributed by atoms with Gasteiger partial charge in [-0.25, -0.2) is 0 Å². The highest BCUT2D eigenvalue weighted by Gasteiger charge is 2.49. The summed E-state index contributed by atoms with van der Waals surface area (Å²) in [6.07, 6.45) is -0.757. The Kier molecular flexibility index (Phi) is 4.54. The minimum atomic E-state index is -4.23. The van der Waals surface area contributed by atoms with Gasteiger partial charge in [-0.1, -0.05) is 0 Å². The number of primary amides is 1. The van der Waals surface area contributed by atoms with Crippen LogP contribution in [0.25, 0.3) is 0 Å². The van der Waals surface area contributed by atoms with Crippen LogP contribution in [0.1, 0.15) is 46.0 Å². The van der Waals surface area contributed by atoms with Gasteiger partial charge >= 0.3 is 6.18 Å². The number of hydrogen-bond acceptors (Lipinski definition) is 3. The molecule has 0 bridgehead atoms. The molecule has 0 heterocycles. The number of carbonyl (C=O) groups is 1. The van der Waals surface area contributed by atoms with Gasteiger partial charge in [0.05, 0.1) is 12.1 Å². The SMILES string of the molecule is CC(C)N(CC(F)(F)F)C1CCC(NC2CC2)(C(N)=O)C1. The predicted octanol–water partition coefficient (Wildman–Crippen LogP) is 1.79. The van der Waals surface area contributed by atoms with E-state index in [1.165, 1.54) is 4.90 Å². The molecule has 1 amide bonds. The molecule has 0 aliphatic heterocycles. The average molecular weight is 307 g/mol. The van der Waals surface area contributed by atoms with E-state index in [9.17, 15) is 18.0 Å². The maximum atomic E-state index is 12.7. The van der Waals surface area contributed by atoms with E-state index in [0.29, 0.717) is 25.3 Å². The van der Waals surface area contributed by atoms with Crippen molar-refractivity contribution in [3.63, 3.8) is 0 Å². The summed E-state index contributed by atoms with van der Waals surface area (Å²) in [5.74, 6) is -0.437. The minimum absolute atomic E-state index is 0.221. The number of carbonyl (C=O) groups excluding carboxylic acids is 1. The smallest absolute Gasteiger partial charge is 0.368 e. The number of rotatable bonds is 6. The van der Waals surface area contributed by atoms with Crippen LogP contribution in [0.3, 0.4) is 0 Å². The van der Waals surface area contributed by atoms with E-state index in [4.69, 9.17) is 5.73 Å². The third kappa shape index (κ3) is 4.10. The number of halogens is 3. The number of nitrogens with two attached hydrogens (primary N) is 1. The summed E-state index contributed by atoms with van der Waals surface area (Å²) in [6.45, 7) is 2.57. The van der Waals surface area contributed by atoms with Crippen LogP contribution in [-0.2, 0) is 4.79 Å². The van der Waals surface area contributed by atoms with Gasteiger partial charge in [-0.2, -0.15) is 13.2 Å². The molecular weight excluding hydrogens is 283 g/mol. The largest absolute Gasteiger partial charge is 0.401 e. The highest BCUT2D eigenvalue weighted by Crippen LogP contribution is 2.37. The van der Waals surface area contributed by atoms with E-state index in [-0.39, 0.29) is 12.1 Å². The Labute approximate surface area is 123 Å². The summed E-state index contributed by atoms with van der Waals surface area (Å²) in [5, 5.41) is 3.27. The number of alkyl halides is 3. The number of nitrogens with one attached hydrogen (secondary N) is 1. The predicted molar refractivity (Wildman–Crippen MR) is 73.6 cm³/mol. The molecule has 3 N–H and O–H groups in total. The third-order valence-electron chi connectivity index (χ3n) is 4.51. The summed E-state index contributed by atoms with van der Waals surface area (Å²) in [5.41, 5.74) is 4.70. The molecule has 4 nitrogen and oxygen atoms in total. The van der Waals surface area contributed by atoms with Crippen molar-refractivity contribution in [1.29, 1.82) is 0 Å². The van der Waals surface area contributed by atoms with Crippen LogP contribution < -0.4 is 11.1 Å². The first-order valence-corrected chi connectivity index (χ1v) is 7.53. The summed E-state index contributed by atoms with van der Waals surface area (Å²) in [6, 6.07) is -0.182. The van der Waals surface area contributed by atoms with Crippen LogP contribution in [0, 0.1) is 0 Å². The van der Waals surface area contributed by atoms with Gasteiger partial charge < -0.3 is 11.1 Å². The second kappa shape index (κ2) is 5.76. The molecule has 0 aromatic rings. The van der Waals surface area contributed by atoms with Gasteiger partial charge in [0, 0.05) is 18.1 Å². The maximum Gasteiger partial charge on any atom is 0.401 e. The zero-order valence-electron chi connectivity index (χ0n) is 12.5. The first-order chi connectivity index (χ1) is 9.63. The van der Waals surface area contributed by atoms with E-state index < -0.39 is 24.2 Å². The number of amides is 1. The highest BCUT2D eigenvalue weighted by molar-refractivity contribution is 5.85. The van der Waals surface area contributed by atoms with Crippen molar-refractivity contribution in [1.82, 2.24) is 10.2 Å². The van der Waals surface area contributed by atoms with Gasteiger partial charge in [-0.3, -0.25) is 9.69 Å². The molecule has 0 spiro atoms. The van der Waals surface area contributed by atoms with Crippen LogP contribution in [0.2, 0.25) is 0 Å². The molecule has 2 atom stereocenters. The minimum Gasteiger partial charge on any atom is -0.368 e. The normalized spacial score (nSPS) is 30.3. The number of nitrogens with zero attached hydrogens (tertiary/aromatic N) is 1. The van der Waals surface area contributed by atoms with Gasteiger partial charge in [0.15, 0.2) is 0 Å². The van der Waals surface area contributed by atoms with Gasteiger partial charge in [0.2, 0.25) is 5.91 Å². The lowest BCUT2D eigenvalue weighted by Gasteiger charge is -2.35. The van der Waals surface area contributed by atoms with Crippen molar-refractivity contribution in [2.75, 3.05) is 6.54 Å². The molecule has 122 valence electrons. The standard InChI is InChI=1S/C14H24F3N3O/c1-9(2)20(8-14(15,16)17)11-5-6-13(7-11,12(18)21)19-10-3-4-10/h9-11,19H,3-8H2,1-2H3,(H2,18,21). The molecule has 0 saturated heterocycles. The average Bonchev–Trinajstić information content (AvgIpc) is 3.02. The van der Waals surface area contributed by atoms with Gasteiger partial charge in [0.25, 0.3) is 0 Å². The first kappa shape index (κ1) is 16.5. The lowest BCUT2D eigenvalue weighted by molar-refractivity contribution is -0.155. The van der Waals surface area contributed by atoms with Crippen LogP contribution in [0.4, 0.5) is 13.2 Å². The summed E-state index contributed by atoms with van der Waals surface area (Å²) in [4.78, 5) is 13.3. The Morgan fingerprint density at radius 1 is 1.38 bits per heavy atom. The fraction of sp³-hybridized carbons (Fsp3) is 0.929. The van der Waals surface area contributed by atoms with Crippen molar-refractivity contribution >= 4 is 5.91 Å². The van der Waals surface area contributed by atoms with Crippen LogP contribution in [-0.4, -0.2) is 47.2 Å². The highest BCUT2D eigenvalue weighted by atomic mass is 19.4. The molecule has 0 aromatic carbocycles. The van der Waals surface area contributed by atoms with Crippen molar-refractivity contribution in [3.05, 3.63) is 0 Å². The first-order valence-electron chi connectivity index (χ1n) is 7.53. The zero-order chi connectivity index (χ0) is 15.8. The number of hydrogen-bond donors (Lipinski definition) is 2. The molecular formula is C14H24F3N3O. The molecule has 21 heavy (non-hydrogen) atoms. The van der Waals surface area contributed by atoms with Crippen molar-refractivity contribution < 1.29 is 18.0 Å². The Bertz CT molecular complexity index is 395. The van der Waals surface area contributed by atoms with Crippen LogP contribution >= 0.6 is 0 Å². The molecule has 7 heteroatoms. The molecule has 2 fully saturated rings. The zero-order valence-corrected chi connectivity index (χ0v) is 12.5. The van der Waals surface area contributed by atoms with E-state index in [1.54, 1.807) is 13.8 Å². The molecule has 2 saturated carbocycles. The second-order valence-electron chi connectivity index (χ2n) is 6.64. The Morgan fingerprint density at radius 3 is 2.43 bits per heavy atom. The quantitative estimate of drug-likeness (QED) is 0.786. The molecule has 2 aliphatic rings. The molecule has 0 aromatic heterocycles. The lowest BCUT2D eigenvalue weighted by atomic mass is 9.95. The molecule has 2 aliphatic carbocycles. The summed E-state index contributed by atoms with van der Waals surface area (Å²) in [7, 11) is 0. The summed E-state index contributed by atoms with van der Waals surface area (Å²) < 4.78 is 38.2. The molecule has 2 unspecified atom stereocenters. The third-order valence-corrected chi connectivity index (χ3v) is 4.51. The van der Waals surface area contributed by atoms with Crippen molar-refractivity contribution in [3.8, 4) is 0 Å². The Balaban J connectivity index is 2.08. The van der Waals surface area contributed by atoms with E-state index in [0.717, 1.165) is 12.8 Å². The summed E-state index contributed by atoms with van der Waals surface area (Å²) >= 11 is 0. The lowest BCUT2D eigenvalue weighted by Crippen LogP contribution is -2.56. The van der Waals surface area contributed by atoms with Crippen molar-refractivity contribution in [2.24, 2.45) is 5.73 Å². The van der Waals surface area contributed by atoms with Gasteiger partial charge in [-0.15, -0.1) is 0 Å². The fourth-order valence-electron chi connectivity index (χ4n) is 3.29. The Morgan fingerprint density at radius 2 is 2.00 bits per heavy atom. The Hall–Kier alpha value is -0.820. The maximum absolute atomic E-state index is 12.7. The molecule has 2 rings (SSSR count). The molecule has 0 radical (unpaired) electrons. The van der Waals surface area contributed by atoms with Crippen molar-refractivity contribution in [2.45, 2.75) is 75.8 Å².